The first kappa shape index (κ1) is 15.0. The zero-order chi connectivity index (χ0) is 14.0. The molecule has 0 aromatic rings. The summed E-state index contributed by atoms with van der Waals surface area (Å²) in [6.45, 7) is 5.90. The third-order valence-corrected chi connectivity index (χ3v) is 3.48. The van der Waals surface area contributed by atoms with Crippen molar-refractivity contribution in [3.05, 3.63) is 0 Å². The number of hydrogen-bond donors (Lipinski definition) is 3. The van der Waals surface area contributed by atoms with E-state index in [1.54, 1.807) is 6.92 Å². The van der Waals surface area contributed by atoms with Gasteiger partial charge in [-0.1, -0.05) is 13.8 Å². The van der Waals surface area contributed by atoms with Gasteiger partial charge in [0.2, 0.25) is 5.91 Å². The van der Waals surface area contributed by atoms with E-state index in [1.165, 1.54) is 0 Å². The van der Waals surface area contributed by atoms with Crippen LogP contribution in [0.2, 0.25) is 0 Å². The standard InChI is InChI=1S/C13H23NO4/c1-9(2)4-5-12(3,18)8-14-10(15)13(6-7-13)11(16)17/h9,18H,4-8H2,1-3H3,(H,14,15)(H,16,17). The highest BCUT2D eigenvalue weighted by atomic mass is 16.4. The van der Waals surface area contributed by atoms with Crippen molar-refractivity contribution >= 4 is 11.9 Å². The highest BCUT2D eigenvalue weighted by Crippen LogP contribution is 2.46. The molecular weight excluding hydrogens is 234 g/mol. The molecule has 104 valence electrons. The quantitative estimate of drug-likeness (QED) is 0.597. The number of aliphatic carboxylic acids is 1. The van der Waals surface area contributed by atoms with Crippen molar-refractivity contribution in [1.82, 2.24) is 5.32 Å². The van der Waals surface area contributed by atoms with Gasteiger partial charge in [0.1, 0.15) is 5.41 Å². The molecule has 5 heteroatoms. The minimum atomic E-state index is -1.23. The van der Waals surface area contributed by atoms with Crippen LogP contribution in [-0.2, 0) is 9.59 Å². The van der Waals surface area contributed by atoms with Gasteiger partial charge >= 0.3 is 5.97 Å². The van der Waals surface area contributed by atoms with Crippen LogP contribution < -0.4 is 5.32 Å². The van der Waals surface area contributed by atoms with E-state index in [0.29, 0.717) is 25.2 Å². The van der Waals surface area contributed by atoms with E-state index < -0.39 is 22.9 Å². The molecule has 1 aliphatic carbocycles. The van der Waals surface area contributed by atoms with Gasteiger partial charge in [-0.25, -0.2) is 0 Å². The molecular formula is C13H23NO4. The van der Waals surface area contributed by atoms with Gasteiger partial charge in [-0.15, -0.1) is 0 Å². The van der Waals surface area contributed by atoms with E-state index in [0.717, 1.165) is 6.42 Å². The van der Waals surface area contributed by atoms with Crippen LogP contribution in [0.1, 0.15) is 46.5 Å². The van der Waals surface area contributed by atoms with Crippen molar-refractivity contribution in [3.8, 4) is 0 Å². The lowest BCUT2D eigenvalue weighted by Crippen LogP contribution is -2.45. The lowest BCUT2D eigenvalue weighted by molar-refractivity contribution is -0.149. The summed E-state index contributed by atoms with van der Waals surface area (Å²) in [5.41, 5.74) is -2.21. The lowest BCUT2D eigenvalue weighted by Gasteiger charge is -2.25. The van der Waals surface area contributed by atoms with Gasteiger partial charge in [0.25, 0.3) is 0 Å². The number of carbonyl (C=O) groups is 2. The zero-order valence-corrected chi connectivity index (χ0v) is 11.3. The Morgan fingerprint density at radius 2 is 1.94 bits per heavy atom. The van der Waals surface area contributed by atoms with Crippen LogP contribution >= 0.6 is 0 Å². The molecule has 1 rings (SSSR count). The Bertz CT molecular complexity index is 332. The van der Waals surface area contributed by atoms with Gasteiger partial charge in [0.05, 0.1) is 5.60 Å². The smallest absolute Gasteiger partial charge is 0.319 e. The van der Waals surface area contributed by atoms with E-state index in [4.69, 9.17) is 5.11 Å². The largest absolute Gasteiger partial charge is 0.480 e. The topological polar surface area (TPSA) is 86.6 Å². The summed E-state index contributed by atoms with van der Waals surface area (Å²) in [4.78, 5) is 22.7. The molecule has 1 amide bonds. The first-order valence-electron chi connectivity index (χ1n) is 6.44. The van der Waals surface area contributed by atoms with Crippen LogP contribution in [-0.4, -0.2) is 34.2 Å². The fourth-order valence-corrected chi connectivity index (χ4v) is 1.79. The van der Waals surface area contributed by atoms with E-state index in [2.05, 4.69) is 19.2 Å². The summed E-state index contributed by atoms with van der Waals surface area (Å²) in [5, 5.41) is 21.6. The van der Waals surface area contributed by atoms with E-state index in [-0.39, 0.29) is 6.54 Å². The molecule has 1 saturated carbocycles. The second-order valence-electron chi connectivity index (χ2n) is 6.00. The first-order chi connectivity index (χ1) is 8.19. The number of rotatable bonds is 7. The summed E-state index contributed by atoms with van der Waals surface area (Å²) in [7, 11) is 0. The molecule has 1 atom stereocenters. The van der Waals surface area contributed by atoms with Crippen LogP contribution in [0, 0.1) is 11.3 Å². The van der Waals surface area contributed by atoms with Crippen molar-refractivity contribution in [2.75, 3.05) is 6.54 Å². The van der Waals surface area contributed by atoms with Gasteiger partial charge in [0, 0.05) is 6.54 Å². The Hall–Kier alpha value is -1.10. The van der Waals surface area contributed by atoms with Crippen LogP contribution in [0.3, 0.4) is 0 Å². The Morgan fingerprint density at radius 3 is 2.33 bits per heavy atom. The van der Waals surface area contributed by atoms with Gasteiger partial charge < -0.3 is 15.5 Å². The second-order valence-corrected chi connectivity index (χ2v) is 6.00. The molecule has 0 saturated heterocycles. The first-order valence-corrected chi connectivity index (χ1v) is 6.44. The second kappa shape index (κ2) is 5.26. The maximum atomic E-state index is 11.8. The maximum absolute atomic E-state index is 11.8. The van der Waals surface area contributed by atoms with Gasteiger partial charge in [-0.05, 0) is 38.5 Å². The van der Waals surface area contributed by atoms with Crippen LogP contribution in [0.5, 0.6) is 0 Å². The van der Waals surface area contributed by atoms with Crippen molar-refractivity contribution in [2.45, 2.75) is 52.1 Å². The van der Waals surface area contributed by atoms with Crippen molar-refractivity contribution in [2.24, 2.45) is 11.3 Å². The number of nitrogens with one attached hydrogen (secondary N) is 1. The van der Waals surface area contributed by atoms with Gasteiger partial charge in [-0.3, -0.25) is 9.59 Å². The predicted molar refractivity (Wildman–Crippen MR) is 67.0 cm³/mol. The van der Waals surface area contributed by atoms with Crippen molar-refractivity contribution < 1.29 is 19.8 Å². The molecule has 1 fully saturated rings. The molecule has 18 heavy (non-hydrogen) atoms. The average Bonchev–Trinajstić information content (AvgIpc) is 3.04. The molecule has 0 aromatic carbocycles. The molecule has 1 aliphatic rings. The fraction of sp³-hybridized carbons (Fsp3) is 0.846. The number of aliphatic hydroxyl groups is 1. The molecule has 5 nitrogen and oxygen atoms in total. The number of carbonyl (C=O) groups excluding carboxylic acids is 1. The Morgan fingerprint density at radius 1 is 1.39 bits per heavy atom. The number of hydrogen-bond acceptors (Lipinski definition) is 3. The molecule has 0 radical (unpaired) electrons. The third kappa shape index (κ3) is 3.70. The fourth-order valence-electron chi connectivity index (χ4n) is 1.79. The summed E-state index contributed by atoms with van der Waals surface area (Å²) in [6.07, 6.45) is 2.24. The van der Waals surface area contributed by atoms with E-state index in [1.807, 2.05) is 0 Å². The van der Waals surface area contributed by atoms with Crippen molar-refractivity contribution in [3.63, 3.8) is 0 Å². The number of carboxylic acids is 1. The van der Waals surface area contributed by atoms with Crippen LogP contribution in [0.15, 0.2) is 0 Å². The summed E-state index contributed by atoms with van der Waals surface area (Å²) < 4.78 is 0. The highest BCUT2D eigenvalue weighted by molar-refractivity contribution is 6.04. The SMILES string of the molecule is CC(C)CCC(C)(O)CNC(=O)C1(C(=O)O)CC1. The summed E-state index contributed by atoms with van der Waals surface area (Å²) >= 11 is 0. The maximum Gasteiger partial charge on any atom is 0.319 e. The van der Waals surface area contributed by atoms with E-state index >= 15 is 0 Å². The average molecular weight is 257 g/mol. The minimum Gasteiger partial charge on any atom is -0.480 e. The minimum absolute atomic E-state index is 0.105. The number of carboxylic acid groups (broad SMARTS) is 1. The zero-order valence-electron chi connectivity index (χ0n) is 11.3. The molecule has 0 aromatic heterocycles. The molecule has 3 N–H and O–H groups in total. The lowest BCUT2D eigenvalue weighted by atomic mass is 9.95. The Labute approximate surface area is 108 Å². The molecule has 0 aliphatic heterocycles. The third-order valence-electron chi connectivity index (χ3n) is 3.48. The van der Waals surface area contributed by atoms with E-state index in [9.17, 15) is 14.7 Å². The van der Waals surface area contributed by atoms with Crippen molar-refractivity contribution in [1.29, 1.82) is 0 Å². The molecule has 0 heterocycles. The molecule has 0 spiro atoms. The monoisotopic (exact) mass is 257 g/mol. The molecule has 1 unspecified atom stereocenters. The summed E-state index contributed by atoms with van der Waals surface area (Å²) in [5.74, 6) is -1.05. The molecule has 0 bridgehead atoms. The normalized spacial score (nSPS) is 20.3. The highest BCUT2D eigenvalue weighted by Gasteiger charge is 2.57. The number of amides is 1. The Balaban J connectivity index is 2.40. The van der Waals surface area contributed by atoms with Gasteiger partial charge in [-0.2, -0.15) is 0 Å². The van der Waals surface area contributed by atoms with Crippen LogP contribution in [0.4, 0.5) is 0 Å². The van der Waals surface area contributed by atoms with Gasteiger partial charge in [0.15, 0.2) is 0 Å². The predicted octanol–water partition coefficient (Wildman–Crippen LogP) is 1.15. The summed E-state index contributed by atoms with van der Waals surface area (Å²) in [6, 6.07) is 0. The Kier molecular flexibility index (Phi) is 4.37. The van der Waals surface area contributed by atoms with Crippen LogP contribution in [0.25, 0.3) is 0 Å².